The lowest BCUT2D eigenvalue weighted by Crippen LogP contribution is -2.39. The fourth-order valence-corrected chi connectivity index (χ4v) is 4.36. The molecule has 4 heterocycles. The van der Waals surface area contributed by atoms with Crippen LogP contribution in [0.3, 0.4) is 0 Å². The Morgan fingerprint density at radius 1 is 1.41 bits per heavy atom. The highest BCUT2D eigenvalue weighted by Gasteiger charge is 2.31. The van der Waals surface area contributed by atoms with Gasteiger partial charge in [0.15, 0.2) is 4.96 Å². The number of aromatic hydroxyl groups is 1. The van der Waals surface area contributed by atoms with Gasteiger partial charge in [-0.25, -0.2) is 9.97 Å². The van der Waals surface area contributed by atoms with Gasteiger partial charge < -0.3 is 15.0 Å². The number of carbonyl (C=O) groups is 1. The summed E-state index contributed by atoms with van der Waals surface area (Å²) < 4.78 is 1.94. The first-order valence-electron chi connectivity index (χ1n) is 8.67. The highest BCUT2D eigenvalue weighted by atomic mass is 32.1. The van der Waals surface area contributed by atoms with Gasteiger partial charge in [-0.1, -0.05) is 12.1 Å². The van der Waals surface area contributed by atoms with Gasteiger partial charge in [0, 0.05) is 30.2 Å². The number of thiazole rings is 1. The monoisotopic (exact) mass is 379 g/mol. The first-order chi connectivity index (χ1) is 13.2. The molecule has 0 fully saturated rings. The third-order valence-electron chi connectivity index (χ3n) is 4.93. The molecule has 0 saturated carbocycles. The Labute approximate surface area is 158 Å². The number of nitrogens with zero attached hydrogens (tertiary/aromatic N) is 4. The van der Waals surface area contributed by atoms with Crippen LogP contribution in [0.5, 0.6) is 5.75 Å². The predicted molar refractivity (Wildman–Crippen MR) is 101 cm³/mol. The average Bonchev–Trinajstić information content (AvgIpc) is 3.36. The van der Waals surface area contributed by atoms with E-state index in [1.165, 1.54) is 0 Å². The van der Waals surface area contributed by atoms with Gasteiger partial charge in [-0.15, -0.1) is 11.3 Å². The van der Waals surface area contributed by atoms with Crippen LogP contribution in [0.15, 0.2) is 48.4 Å². The van der Waals surface area contributed by atoms with Crippen LogP contribution in [-0.2, 0) is 17.8 Å². The fraction of sp³-hybridized carbons (Fsp3) is 0.211. The van der Waals surface area contributed by atoms with Gasteiger partial charge in [0.1, 0.15) is 5.75 Å². The molecule has 0 aliphatic carbocycles. The molecule has 0 bridgehead atoms. The summed E-state index contributed by atoms with van der Waals surface area (Å²) in [6, 6.07) is 7.15. The maximum absolute atomic E-state index is 12.9. The Balaban J connectivity index is 1.41. The molecular formula is C19H17N5O2S. The molecule has 1 aliphatic heterocycles. The number of fused-ring (bicyclic) bond motifs is 2. The van der Waals surface area contributed by atoms with Gasteiger partial charge in [-0.05, 0) is 17.7 Å². The zero-order valence-corrected chi connectivity index (χ0v) is 15.2. The molecule has 1 amide bonds. The summed E-state index contributed by atoms with van der Waals surface area (Å²) >= 11 is 1.55. The summed E-state index contributed by atoms with van der Waals surface area (Å²) in [5.41, 5.74) is 3.60. The van der Waals surface area contributed by atoms with Gasteiger partial charge in [0.25, 0.3) is 0 Å². The summed E-state index contributed by atoms with van der Waals surface area (Å²) in [7, 11) is 0. The van der Waals surface area contributed by atoms with Crippen molar-refractivity contribution < 1.29 is 9.90 Å². The SMILES string of the molecule is O=C(Cc1cn2ccsc2n1)N1Cc2[nH]cnc2C(c2cccc(O)c2)C1. The highest BCUT2D eigenvalue weighted by molar-refractivity contribution is 7.15. The number of phenolic OH excluding ortho intramolecular Hbond substituents is 1. The van der Waals surface area contributed by atoms with Crippen molar-refractivity contribution in [1.29, 1.82) is 0 Å². The van der Waals surface area contributed by atoms with Crippen molar-refractivity contribution in [1.82, 2.24) is 24.3 Å². The van der Waals surface area contributed by atoms with E-state index >= 15 is 0 Å². The van der Waals surface area contributed by atoms with Crippen LogP contribution in [0.25, 0.3) is 4.96 Å². The second-order valence-electron chi connectivity index (χ2n) is 6.69. The molecule has 5 rings (SSSR count). The second kappa shape index (κ2) is 6.24. The van der Waals surface area contributed by atoms with Crippen LogP contribution >= 0.6 is 11.3 Å². The number of amides is 1. The number of aromatic amines is 1. The summed E-state index contributed by atoms with van der Waals surface area (Å²) in [6.07, 6.45) is 5.78. The molecule has 136 valence electrons. The molecule has 1 atom stereocenters. The molecule has 8 heteroatoms. The lowest BCUT2D eigenvalue weighted by Gasteiger charge is -2.32. The topological polar surface area (TPSA) is 86.5 Å². The van der Waals surface area contributed by atoms with Gasteiger partial charge in [0.2, 0.25) is 5.91 Å². The molecule has 1 aromatic carbocycles. The molecule has 1 unspecified atom stereocenters. The van der Waals surface area contributed by atoms with E-state index in [4.69, 9.17) is 0 Å². The number of rotatable bonds is 3. The predicted octanol–water partition coefficient (Wildman–Crippen LogP) is 2.54. The molecule has 0 spiro atoms. The number of nitrogens with one attached hydrogen (secondary N) is 1. The first kappa shape index (κ1) is 16.1. The zero-order valence-electron chi connectivity index (χ0n) is 14.4. The zero-order chi connectivity index (χ0) is 18.4. The maximum Gasteiger partial charge on any atom is 0.229 e. The number of hydrogen-bond donors (Lipinski definition) is 2. The number of hydrogen-bond acceptors (Lipinski definition) is 5. The van der Waals surface area contributed by atoms with Crippen molar-refractivity contribution in [2.75, 3.05) is 6.54 Å². The van der Waals surface area contributed by atoms with Crippen LogP contribution < -0.4 is 0 Å². The maximum atomic E-state index is 12.9. The minimum Gasteiger partial charge on any atom is -0.508 e. The molecule has 7 nitrogen and oxygen atoms in total. The van der Waals surface area contributed by atoms with Crippen LogP contribution in [0, 0.1) is 0 Å². The van der Waals surface area contributed by atoms with Crippen LogP contribution in [-0.4, -0.2) is 41.8 Å². The molecule has 0 saturated heterocycles. The third kappa shape index (κ3) is 2.87. The number of benzene rings is 1. The second-order valence-corrected chi connectivity index (χ2v) is 7.56. The summed E-state index contributed by atoms with van der Waals surface area (Å²) in [4.78, 5) is 27.8. The van der Waals surface area contributed by atoms with Crippen LogP contribution in [0.1, 0.15) is 28.6 Å². The van der Waals surface area contributed by atoms with E-state index in [0.29, 0.717) is 13.1 Å². The number of imidazole rings is 2. The number of H-pyrrole nitrogens is 1. The summed E-state index contributed by atoms with van der Waals surface area (Å²) in [6.45, 7) is 1.04. The molecule has 2 N–H and O–H groups in total. The van der Waals surface area contributed by atoms with E-state index < -0.39 is 0 Å². The number of phenols is 1. The van der Waals surface area contributed by atoms with Gasteiger partial charge in [-0.2, -0.15) is 0 Å². The third-order valence-corrected chi connectivity index (χ3v) is 5.71. The van der Waals surface area contributed by atoms with Crippen LogP contribution in [0.2, 0.25) is 0 Å². The lowest BCUT2D eigenvalue weighted by molar-refractivity contribution is -0.131. The van der Waals surface area contributed by atoms with Gasteiger partial charge in [0.05, 0.1) is 36.4 Å². The van der Waals surface area contributed by atoms with Crippen molar-refractivity contribution in [3.05, 3.63) is 71.0 Å². The van der Waals surface area contributed by atoms with E-state index in [-0.39, 0.29) is 24.0 Å². The largest absolute Gasteiger partial charge is 0.508 e. The quantitative estimate of drug-likeness (QED) is 0.573. The van der Waals surface area contributed by atoms with E-state index in [9.17, 15) is 9.90 Å². The van der Waals surface area contributed by atoms with Gasteiger partial charge >= 0.3 is 0 Å². The Hall–Kier alpha value is -3.13. The molecular weight excluding hydrogens is 362 g/mol. The van der Waals surface area contributed by atoms with Crippen molar-refractivity contribution in [3.63, 3.8) is 0 Å². The number of aromatic nitrogens is 4. The molecule has 27 heavy (non-hydrogen) atoms. The molecule has 1 aliphatic rings. The average molecular weight is 379 g/mol. The van der Waals surface area contributed by atoms with E-state index in [2.05, 4.69) is 15.0 Å². The van der Waals surface area contributed by atoms with E-state index in [1.54, 1.807) is 29.8 Å². The normalized spacial score (nSPS) is 16.6. The fourth-order valence-electron chi connectivity index (χ4n) is 3.64. The van der Waals surface area contributed by atoms with Crippen LogP contribution in [0.4, 0.5) is 0 Å². The molecule has 0 radical (unpaired) electrons. The van der Waals surface area contributed by atoms with Crippen molar-refractivity contribution in [2.24, 2.45) is 0 Å². The van der Waals surface area contributed by atoms with Gasteiger partial charge in [-0.3, -0.25) is 9.20 Å². The van der Waals surface area contributed by atoms with Crippen molar-refractivity contribution >= 4 is 22.2 Å². The highest BCUT2D eigenvalue weighted by Crippen LogP contribution is 2.33. The summed E-state index contributed by atoms with van der Waals surface area (Å²) in [5.74, 6) is 0.179. The number of carbonyl (C=O) groups excluding carboxylic acids is 1. The standard InChI is InChI=1S/C19H17N5O2S/c25-14-3-1-2-12(6-14)15-9-24(10-16-18(15)21-11-20-16)17(26)7-13-8-23-4-5-27-19(23)22-13/h1-6,8,11,15,25H,7,9-10H2,(H,20,21). The first-order valence-corrected chi connectivity index (χ1v) is 9.55. The smallest absolute Gasteiger partial charge is 0.229 e. The van der Waals surface area contributed by atoms with Crippen molar-refractivity contribution in [2.45, 2.75) is 18.9 Å². The Morgan fingerprint density at radius 2 is 2.33 bits per heavy atom. The van der Waals surface area contributed by atoms with Crippen molar-refractivity contribution in [3.8, 4) is 5.75 Å². The Morgan fingerprint density at radius 3 is 3.19 bits per heavy atom. The molecule has 3 aromatic heterocycles. The molecule has 4 aromatic rings. The minimum absolute atomic E-state index is 0.0335. The Kier molecular flexibility index (Phi) is 3.71. The summed E-state index contributed by atoms with van der Waals surface area (Å²) in [5, 5.41) is 11.8. The van der Waals surface area contributed by atoms with E-state index in [1.807, 2.05) is 39.2 Å². The Bertz CT molecular complexity index is 1100. The minimum atomic E-state index is -0.0680. The lowest BCUT2D eigenvalue weighted by atomic mass is 9.90. The van der Waals surface area contributed by atoms with E-state index in [0.717, 1.165) is 27.6 Å².